The molecule has 5 nitrogen and oxygen atoms in total. The molecule has 0 unspecified atom stereocenters. The van der Waals surface area contributed by atoms with E-state index in [0.29, 0.717) is 12.5 Å². The van der Waals surface area contributed by atoms with E-state index in [1.165, 1.54) is 19.3 Å². The van der Waals surface area contributed by atoms with Crippen LogP contribution in [0.3, 0.4) is 0 Å². The Hall–Kier alpha value is -1.88. The molecule has 0 bridgehead atoms. The van der Waals surface area contributed by atoms with Gasteiger partial charge < -0.3 is 14.5 Å². The van der Waals surface area contributed by atoms with Crippen LogP contribution in [0.1, 0.15) is 44.9 Å². The minimum atomic E-state index is -0.312. The number of carbonyl (C=O) groups excluding carboxylic acids is 2. The Morgan fingerprint density at radius 1 is 1.04 bits per heavy atom. The predicted molar refractivity (Wildman–Crippen MR) is 99.9 cm³/mol. The van der Waals surface area contributed by atoms with Gasteiger partial charge in [0.1, 0.15) is 6.61 Å². The fourth-order valence-corrected chi connectivity index (χ4v) is 4.60. The molecule has 3 aliphatic rings. The fraction of sp³-hybridized carbons (Fsp3) is 0.619. The number of carbonyl (C=O) groups is 2. The molecule has 2 amide bonds. The zero-order chi connectivity index (χ0) is 18.0. The van der Waals surface area contributed by atoms with Gasteiger partial charge in [0, 0.05) is 24.7 Å². The third-order valence-electron chi connectivity index (χ3n) is 6.26. The predicted octanol–water partition coefficient (Wildman–Crippen LogP) is 2.99. The number of amides is 2. The second-order valence-corrected chi connectivity index (χ2v) is 7.95. The van der Waals surface area contributed by atoms with Crippen molar-refractivity contribution in [2.45, 2.75) is 50.5 Å². The minimum absolute atomic E-state index is 0.0162. The number of anilines is 1. The van der Waals surface area contributed by atoms with Crippen LogP contribution in [0.5, 0.6) is 0 Å². The zero-order valence-electron chi connectivity index (χ0n) is 15.4. The van der Waals surface area contributed by atoms with E-state index in [1.54, 1.807) is 0 Å². The quantitative estimate of drug-likeness (QED) is 0.818. The molecule has 1 aromatic carbocycles. The minimum Gasteiger partial charge on any atom is -0.363 e. The molecular weight excluding hydrogens is 328 g/mol. The number of likely N-dealkylation sites (tertiary alicyclic amines) is 1. The number of hydrogen-bond acceptors (Lipinski definition) is 3. The van der Waals surface area contributed by atoms with E-state index >= 15 is 0 Å². The van der Waals surface area contributed by atoms with E-state index in [9.17, 15) is 9.59 Å². The van der Waals surface area contributed by atoms with Gasteiger partial charge in [-0.05, 0) is 37.8 Å². The summed E-state index contributed by atoms with van der Waals surface area (Å²) in [5.41, 5.74) is 0.619. The van der Waals surface area contributed by atoms with Gasteiger partial charge in [-0.25, -0.2) is 0 Å². The molecule has 2 heterocycles. The smallest absolute Gasteiger partial charge is 0.253 e. The molecule has 26 heavy (non-hydrogen) atoms. The summed E-state index contributed by atoms with van der Waals surface area (Å²) in [4.78, 5) is 29.0. The number of morpholine rings is 1. The number of hydrogen-bond donors (Lipinski definition) is 0. The maximum Gasteiger partial charge on any atom is 0.253 e. The number of benzene rings is 1. The highest BCUT2D eigenvalue weighted by atomic mass is 16.5. The lowest BCUT2D eigenvalue weighted by molar-refractivity contribution is -0.152. The van der Waals surface area contributed by atoms with Gasteiger partial charge in [-0.2, -0.15) is 0 Å². The third-order valence-corrected chi connectivity index (χ3v) is 6.26. The monoisotopic (exact) mass is 356 g/mol. The topological polar surface area (TPSA) is 49.9 Å². The van der Waals surface area contributed by atoms with Crippen molar-refractivity contribution in [3.05, 3.63) is 30.3 Å². The van der Waals surface area contributed by atoms with Gasteiger partial charge in [0.05, 0.1) is 12.1 Å². The van der Waals surface area contributed by atoms with Crippen molar-refractivity contribution in [3.8, 4) is 0 Å². The van der Waals surface area contributed by atoms with Crippen molar-refractivity contribution in [3.63, 3.8) is 0 Å². The van der Waals surface area contributed by atoms with Crippen LogP contribution in [0, 0.1) is 5.92 Å². The molecule has 4 rings (SSSR count). The molecule has 1 aliphatic carbocycles. The first-order valence-electron chi connectivity index (χ1n) is 9.95. The van der Waals surface area contributed by atoms with E-state index in [2.05, 4.69) is 0 Å². The van der Waals surface area contributed by atoms with Crippen LogP contribution < -0.4 is 4.90 Å². The Morgan fingerprint density at radius 3 is 2.42 bits per heavy atom. The first-order chi connectivity index (χ1) is 12.7. The van der Waals surface area contributed by atoms with Gasteiger partial charge in [0.15, 0.2) is 0 Å². The maximum absolute atomic E-state index is 12.8. The zero-order valence-corrected chi connectivity index (χ0v) is 15.4. The third kappa shape index (κ3) is 3.50. The summed E-state index contributed by atoms with van der Waals surface area (Å²) in [6, 6.07) is 9.81. The first kappa shape index (κ1) is 17.5. The number of nitrogens with zero attached hydrogens (tertiary/aromatic N) is 2. The first-order valence-corrected chi connectivity index (χ1v) is 9.95. The van der Waals surface area contributed by atoms with Crippen LogP contribution in [0.2, 0.25) is 0 Å². The number of ether oxygens (including phenoxy) is 1. The molecule has 1 aromatic rings. The van der Waals surface area contributed by atoms with Crippen LogP contribution >= 0.6 is 0 Å². The summed E-state index contributed by atoms with van der Waals surface area (Å²) in [5, 5.41) is 0. The number of rotatable bonds is 2. The molecule has 2 aliphatic heterocycles. The average molecular weight is 356 g/mol. The highest BCUT2D eigenvalue weighted by Gasteiger charge is 2.44. The molecule has 1 spiro atoms. The molecular formula is C21H28N2O3. The van der Waals surface area contributed by atoms with Crippen molar-refractivity contribution < 1.29 is 14.3 Å². The molecule has 0 aromatic heterocycles. The standard InChI is InChI=1S/C21H28N2O3/c24-19-15-26-21(16-23(19)18-9-5-2-6-10-18)11-13-22(14-12-21)20(25)17-7-3-1-4-8-17/h2,5-6,9-10,17H,1,3-4,7-8,11-16H2. The molecule has 0 radical (unpaired) electrons. The Morgan fingerprint density at radius 2 is 1.73 bits per heavy atom. The van der Waals surface area contributed by atoms with Crippen LogP contribution in [0.25, 0.3) is 0 Å². The summed E-state index contributed by atoms with van der Waals surface area (Å²) in [7, 11) is 0. The van der Waals surface area contributed by atoms with Gasteiger partial charge in [-0.1, -0.05) is 37.5 Å². The van der Waals surface area contributed by atoms with E-state index in [4.69, 9.17) is 4.74 Å². The van der Waals surface area contributed by atoms with Gasteiger partial charge in [0.25, 0.3) is 5.91 Å². The van der Waals surface area contributed by atoms with Gasteiger partial charge in [-0.3, -0.25) is 9.59 Å². The number of piperidine rings is 1. The second kappa shape index (κ2) is 7.39. The fourth-order valence-electron chi connectivity index (χ4n) is 4.60. The lowest BCUT2D eigenvalue weighted by Gasteiger charge is -2.47. The SMILES string of the molecule is O=C(C1CCCCC1)N1CCC2(CC1)CN(c1ccccc1)C(=O)CO2. The van der Waals surface area contributed by atoms with Crippen molar-refractivity contribution in [2.24, 2.45) is 5.92 Å². The Balaban J connectivity index is 1.40. The van der Waals surface area contributed by atoms with Crippen molar-refractivity contribution in [1.29, 1.82) is 0 Å². The molecule has 0 atom stereocenters. The van der Waals surface area contributed by atoms with E-state index in [-0.39, 0.29) is 24.0 Å². The molecule has 2 saturated heterocycles. The Labute approximate surface area is 155 Å². The van der Waals surface area contributed by atoms with Crippen LogP contribution in [0.15, 0.2) is 30.3 Å². The highest BCUT2D eigenvalue weighted by Crippen LogP contribution is 2.34. The van der Waals surface area contributed by atoms with Crippen molar-refractivity contribution in [1.82, 2.24) is 4.90 Å². The summed E-state index contributed by atoms with van der Waals surface area (Å²) >= 11 is 0. The van der Waals surface area contributed by atoms with Gasteiger partial charge >= 0.3 is 0 Å². The summed E-state index contributed by atoms with van der Waals surface area (Å²) in [6.45, 7) is 2.20. The Bertz CT molecular complexity index is 646. The lowest BCUT2D eigenvalue weighted by Crippen LogP contribution is -2.59. The normalized spacial score (nSPS) is 24.1. The van der Waals surface area contributed by atoms with Crippen LogP contribution in [0.4, 0.5) is 5.69 Å². The molecule has 5 heteroatoms. The summed E-state index contributed by atoms with van der Waals surface area (Å²) in [5.74, 6) is 0.585. The summed E-state index contributed by atoms with van der Waals surface area (Å²) < 4.78 is 6.01. The summed E-state index contributed by atoms with van der Waals surface area (Å²) in [6.07, 6.45) is 7.35. The highest BCUT2D eigenvalue weighted by molar-refractivity contribution is 5.95. The van der Waals surface area contributed by atoms with Gasteiger partial charge in [0.2, 0.25) is 5.91 Å². The largest absolute Gasteiger partial charge is 0.363 e. The molecule has 3 fully saturated rings. The van der Waals surface area contributed by atoms with E-state index in [0.717, 1.165) is 44.5 Å². The maximum atomic E-state index is 12.8. The number of para-hydroxylation sites is 1. The molecule has 140 valence electrons. The average Bonchev–Trinajstić information content (AvgIpc) is 2.71. The van der Waals surface area contributed by atoms with Crippen molar-refractivity contribution in [2.75, 3.05) is 31.1 Å². The Kier molecular flexibility index (Phi) is 4.98. The second-order valence-electron chi connectivity index (χ2n) is 7.95. The van der Waals surface area contributed by atoms with Gasteiger partial charge in [-0.15, -0.1) is 0 Å². The molecule has 0 N–H and O–H groups in total. The van der Waals surface area contributed by atoms with E-state index < -0.39 is 0 Å². The molecule has 1 saturated carbocycles. The van der Waals surface area contributed by atoms with Crippen LogP contribution in [-0.4, -0.2) is 48.6 Å². The van der Waals surface area contributed by atoms with Crippen LogP contribution in [-0.2, 0) is 14.3 Å². The van der Waals surface area contributed by atoms with E-state index in [1.807, 2.05) is 40.1 Å². The van der Waals surface area contributed by atoms with Crippen molar-refractivity contribution >= 4 is 17.5 Å². The lowest BCUT2D eigenvalue weighted by atomic mass is 9.85.